The van der Waals surface area contributed by atoms with Crippen molar-refractivity contribution in [2.24, 2.45) is 5.92 Å². The highest BCUT2D eigenvalue weighted by Crippen LogP contribution is 2.33. The van der Waals surface area contributed by atoms with Crippen molar-refractivity contribution in [2.75, 3.05) is 6.54 Å². The Kier molecular flexibility index (Phi) is 6.09. The largest absolute Gasteiger partial charge is 0.393 e. The second-order valence-electron chi connectivity index (χ2n) is 5.74. The van der Waals surface area contributed by atoms with Gasteiger partial charge < -0.3 is 15.5 Å². The zero-order valence-electron chi connectivity index (χ0n) is 11.6. The summed E-state index contributed by atoms with van der Waals surface area (Å²) in [5.74, 6) is 0.651. The van der Waals surface area contributed by atoms with E-state index < -0.39 is 11.7 Å². The van der Waals surface area contributed by atoms with Gasteiger partial charge in [-0.25, -0.2) is 0 Å². The second-order valence-corrected chi connectivity index (χ2v) is 5.74. The zero-order chi connectivity index (χ0) is 13.6. The third-order valence-electron chi connectivity index (χ3n) is 4.02. The van der Waals surface area contributed by atoms with Crippen LogP contribution in [-0.4, -0.2) is 34.4 Å². The molecule has 106 valence electrons. The highest BCUT2D eigenvalue weighted by atomic mass is 16.3. The van der Waals surface area contributed by atoms with Crippen LogP contribution in [0, 0.1) is 5.92 Å². The van der Waals surface area contributed by atoms with Gasteiger partial charge in [-0.3, -0.25) is 4.79 Å². The molecule has 18 heavy (non-hydrogen) atoms. The molecule has 3 N–H and O–H groups in total. The lowest BCUT2D eigenvalue weighted by Crippen LogP contribution is -2.45. The van der Waals surface area contributed by atoms with Crippen LogP contribution in [-0.2, 0) is 4.79 Å². The van der Waals surface area contributed by atoms with Crippen molar-refractivity contribution in [3.8, 4) is 0 Å². The van der Waals surface area contributed by atoms with E-state index in [1.807, 2.05) is 0 Å². The van der Waals surface area contributed by atoms with Crippen LogP contribution in [0.5, 0.6) is 0 Å². The highest BCUT2D eigenvalue weighted by Gasteiger charge is 2.32. The molecule has 1 rings (SSSR count). The number of carbonyl (C=O) groups excluding carboxylic acids is 1. The van der Waals surface area contributed by atoms with E-state index in [0.29, 0.717) is 19.4 Å². The van der Waals surface area contributed by atoms with Crippen molar-refractivity contribution >= 4 is 5.91 Å². The van der Waals surface area contributed by atoms with Crippen LogP contribution in [0.4, 0.5) is 0 Å². The van der Waals surface area contributed by atoms with E-state index in [9.17, 15) is 9.90 Å². The number of aliphatic hydroxyl groups is 2. The van der Waals surface area contributed by atoms with Crippen LogP contribution in [0.1, 0.15) is 58.8 Å². The predicted octanol–water partition coefficient (Wildman–Crippen LogP) is 1.59. The molecule has 0 aromatic heterocycles. The summed E-state index contributed by atoms with van der Waals surface area (Å²) in [4.78, 5) is 11.5. The van der Waals surface area contributed by atoms with Crippen molar-refractivity contribution in [1.82, 2.24) is 5.32 Å². The Morgan fingerprint density at radius 3 is 2.56 bits per heavy atom. The van der Waals surface area contributed by atoms with E-state index in [0.717, 1.165) is 31.6 Å². The van der Waals surface area contributed by atoms with Gasteiger partial charge in [0.2, 0.25) is 5.91 Å². The number of carbonyl (C=O) groups is 1. The summed E-state index contributed by atoms with van der Waals surface area (Å²) in [6, 6.07) is 0. The van der Waals surface area contributed by atoms with Crippen LogP contribution in [0.25, 0.3) is 0 Å². The molecule has 1 amide bonds. The summed E-state index contributed by atoms with van der Waals surface area (Å²) in [6.45, 7) is 4.21. The SMILES string of the molecule is CCC1CCC(O)(CNC(=O)CCC(C)O)CC1. The Labute approximate surface area is 110 Å². The fourth-order valence-corrected chi connectivity index (χ4v) is 2.49. The van der Waals surface area contributed by atoms with Crippen LogP contribution in [0.15, 0.2) is 0 Å². The molecule has 0 aromatic carbocycles. The van der Waals surface area contributed by atoms with E-state index in [-0.39, 0.29) is 5.91 Å². The monoisotopic (exact) mass is 257 g/mol. The normalized spacial score (nSPS) is 29.9. The predicted molar refractivity (Wildman–Crippen MR) is 71.1 cm³/mol. The van der Waals surface area contributed by atoms with Gasteiger partial charge in [0, 0.05) is 13.0 Å². The molecular formula is C14H27NO3. The van der Waals surface area contributed by atoms with E-state index in [1.165, 1.54) is 6.42 Å². The molecule has 4 heteroatoms. The number of rotatable bonds is 6. The van der Waals surface area contributed by atoms with E-state index in [1.54, 1.807) is 6.92 Å². The minimum atomic E-state index is -0.716. The molecule has 1 atom stereocenters. The minimum absolute atomic E-state index is 0.0815. The van der Waals surface area contributed by atoms with Crippen molar-refractivity contribution in [2.45, 2.75) is 70.5 Å². The minimum Gasteiger partial charge on any atom is -0.393 e. The number of hydrogen-bond acceptors (Lipinski definition) is 3. The van der Waals surface area contributed by atoms with Crippen molar-refractivity contribution < 1.29 is 15.0 Å². The molecule has 1 aliphatic rings. The molecule has 0 aromatic rings. The van der Waals surface area contributed by atoms with Gasteiger partial charge >= 0.3 is 0 Å². The average molecular weight is 257 g/mol. The van der Waals surface area contributed by atoms with Gasteiger partial charge in [-0.2, -0.15) is 0 Å². The Bertz CT molecular complexity index is 258. The van der Waals surface area contributed by atoms with Crippen molar-refractivity contribution in [3.05, 3.63) is 0 Å². The molecule has 0 heterocycles. The maximum Gasteiger partial charge on any atom is 0.220 e. The number of aliphatic hydroxyl groups excluding tert-OH is 1. The van der Waals surface area contributed by atoms with Crippen molar-refractivity contribution in [1.29, 1.82) is 0 Å². The number of hydrogen-bond donors (Lipinski definition) is 3. The first-order valence-electron chi connectivity index (χ1n) is 7.12. The summed E-state index contributed by atoms with van der Waals surface area (Å²) in [7, 11) is 0. The van der Waals surface area contributed by atoms with Gasteiger partial charge in [0.1, 0.15) is 0 Å². The van der Waals surface area contributed by atoms with Gasteiger partial charge in [-0.1, -0.05) is 13.3 Å². The van der Waals surface area contributed by atoms with Crippen LogP contribution in [0.3, 0.4) is 0 Å². The molecule has 4 nitrogen and oxygen atoms in total. The molecule has 1 saturated carbocycles. The Morgan fingerprint density at radius 1 is 1.44 bits per heavy atom. The summed E-state index contributed by atoms with van der Waals surface area (Å²) in [5, 5.41) is 22.2. The molecule has 1 fully saturated rings. The summed E-state index contributed by atoms with van der Waals surface area (Å²) >= 11 is 0. The van der Waals surface area contributed by atoms with E-state index in [2.05, 4.69) is 12.2 Å². The van der Waals surface area contributed by atoms with Gasteiger partial charge in [0.15, 0.2) is 0 Å². The Hall–Kier alpha value is -0.610. The summed E-state index contributed by atoms with van der Waals surface area (Å²) < 4.78 is 0. The molecule has 0 aliphatic heterocycles. The topological polar surface area (TPSA) is 69.6 Å². The van der Waals surface area contributed by atoms with Crippen LogP contribution >= 0.6 is 0 Å². The fraction of sp³-hybridized carbons (Fsp3) is 0.929. The van der Waals surface area contributed by atoms with E-state index >= 15 is 0 Å². The molecule has 0 spiro atoms. The maximum atomic E-state index is 11.5. The summed E-state index contributed by atoms with van der Waals surface area (Å²) in [5.41, 5.74) is -0.716. The number of amides is 1. The van der Waals surface area contributed by atoms with Gasteiger partial charge in [0.25, 0.3) is 0 Å². The quantitative estimate of drug-likeness (QED) is 0.677. The highest BCUT2D eigenvalue weighted by molar-refractivity contribution is 5.75. The maximum absolute atomic E-state index is 11.5. The Balaban J connectivity index is 2.24. The van der Waals surface area contributed by atoms with Gasteiger partial charge in [0.05, 0.1) is 11.7 Å². The smallest absolute Gasteiger partial charge is 0.220 e. The lowest BCUT2D eigenvalue weighted by molar-refractivity contribution is -0.123. The fourth-order valence-electron chi connectivity index (χ4n) is 2.49. The molecule has 1 unspecified atom stereocenters. The molecule has 0 radical (unpaired) electrons. The first-order chi connectivity index (χ1) is 8.45. The van der Waals surface area contributed by atoms with E-state index in [4.69, 9.17) is 5.11 Å². The molecule has 0 saturated heterocycles. The lowest BCUT2D eigenvalue weighted by atomic mass is 9.78. The van der Waals surface area contributed by atoms with Gasteiger partial charge in [-0.15, -0.1) is 0 Å². The number of nitrogens with one attached hydrogen (secondary N) is 1. The molecule has 1 aliphatic carbocycles. The standard InChI is InChI=1S/C14H27NO3/c1-3-12-6-8-14(18,9-7-12)10-15-13(17)5-4-11(2)16/h11-12,16,18H,3-10H2,1-2H3,(H,15,17). The second kappa shape index (κ2) is 7.10. The first-order valence-corrected chi connectivity index (χ1v) is 7.12. The van der Waals surface area contributed by atoms with Crippen molar-refractivity contribution in [3.63, 3.8) is 0 Å². The van der Waals surface area contributed by atoms with Gasteiger partial charge in [-0.05, 0) is 44.9 Å². The first kappa shape index (κ1) is 15.4. The average Bonchev–Trinajstić information content (AvgIpc) is 2.35. The Morgan fingerprint density at radius 2 is 2.06 bits per heavy atom. The van der Waals surface area contributed by atoms with Crippen LogP contribution in [0.2, 0.25) is 0 Å². The van der Waals surface area contributed by atoms with Crippen LogP contribution < -0.4 is 5.32 Å². The summed E-state index contributed by atoms with van der Waals surface area (Å²) in [6.07, 6.45) is 5.20. The lowest BCUT2D eigenvalue weighted by Gasteiger charge is -2.35. The molecule has 0 bridgehead atoms. The third kappa shape index (κ3) is 5.36. The zero-order valence-corrected chi connectivity index (χ0v) is 11.6. The third-order valence-corrected chi connectivity index (χ3v) is 4.02. The molecular weight excluding hydrogens is 230 g/mol.